The molecule has 2 rings (SSSR count). The Bertz CT molecular complexity index is 410. The summed E-state index contributed by atoms with van der Waals surface area (Å²) in [6.07, 6.45) is 4.18. The normalized spacial score (nSPS) is 16.6. The van der Waals surface area contributed by atoms with Crippen LogP contribution < -0.4 is 11.1 Å². The molecule has 0 heterocycles. The van der Waals surface area contributed by atoms with Gasteiger partial charge in [-0.3, -0.25) is 4.99 Å². The summed E-state index contributed by atoms with van der Waals surface area (Å²) in [7, 11) is 0. The predicted octanol–water partition coefficient (Wildman–Crippen LogP) is 2.43. The highest BCUT2D eigenvalue weighted by Crippen LogP contribution is 2.48. The van der Waals surface area contributed by atoms with E-state index in [0.717, 1.165) is 6.54 Å². The van der Waals surface area contributed by atoms with E-state index in [9.17, 15) is 0 Å². The van der Waals surface area contributed by atoms with Crippen LogP contribution in [0, 0.1) is 0 Å². The molecule has 3 N–H and O–H groups in total. The highest BCUT2D eigenvalue weighted by Gasteiger charge is 2.43. The third-order valence-electron chi connectivity index (χ3n) is 3.22. The van der Waals surface area contributed by atoms with Gasteiger partial charge in [0.05, 0.1) is 6.54 Å². The first-order valence-corrected chi connectivity index (χ1v) is 5.97. The molecule has 1 aliphatic carbocycles. The van der Waals surface area contributed by atoms with Gasteiger partial charge in [-0.2, -0.15) is 0 Å². The average Bonchev–Trinajstić information content (AvgIpc) is 3.16. The zero-order chi connectivity index (χ0) is 12.1. The number of guanidine groups is 1. The lowest BCUT2D eigenvalue weighted by Crippen LogP contribution is -2.32. The van der Waals surface area contributed by atoms with Crippen molar-refractivity contribution in [2.24, 2.45) is 10.7 Å². The number of hydrogen-bond acceptors (Lipinski definition) is 1. The molecular formula is C14H20IN3. The van der Waals surface area contributed by atoms with Crippen LogP contribution in [0.2, 0.25) is 0 Å². The zero-order valence-electron chi connectivity index (χ0n) is 10.4. The van der Waals surface area contributed by atoms with Gasteiger partial charge in [-0.1, -0.05) is 36.4 Å². The van der Waals surface area contributed by atoms with Gasteiger partial charge < -0.3 is 11.1 Å². The van der Waals surface area contributed by atoms with Crippen molar-refractivity contribution in [1.29, 1.82) is 0 Å². The van der Waals surface area contributed by atoms with Crippen molar-refractivity contribution in [3.8, 4) is 0 Å². The van der Waals surface area contributed by atoms with E-state index in [-0.39, 0.29) is 29.4 Å². The summed E-state index contributed by atoms with van der Waals surface area (Å²) < 4.78 is 0. The van der Waals surface area contributed by atoms with Crippen LogP contribution in [0.5, 0.6) is 0 Å². The molecule has 0 aliphatic heterocycles. The summed E-state index contributed by atoms with van der Waals surface area (Å²) in [5.74, 6) is 0.507. The lowest BCUT2D eigenvalue weighted by Gasteiger charge is -2.13. The van der Waals surface area contributed by atoms with Crippen molar-refractivity contribution in [3.05, 3.63) is 48.6 Å². The Labute approximate surface area is 126 Å². The molecule has 18 heavy (non-hydrogen) atoms. The summed E-state index contributed by atoms with van der Waals surface area (Å²) in [6, 6.07) is 10.6. The fourth-order valence-electron chi connectivity index (χ4n) is 1.95. The van der Waals surface area contributed by atoms with Gasteiger partial charge in [0.15, 0.2) is 5.96 Å². The average molecular weight is 357 g/mol. The number of nitrogens with two attached hydrogens (primary N) is 1. The number of rotatable bonds is 5. The number of nitrogens with one attached hydrogen (secondary N) is 1. The summed E-state index contributed by atoms with van der Waals surface area (Å²) >= 11 is 0. The molecule has 0 bridgehead atoms. The Hall–Kier alpha value is -1.04. The summed E-state index contributed by atoms with van der Waals surface area (Å²) in [5, 5.41) is 2.99. The molecule has 98 valence electrons. The Morgan fingerprint density at radius 3 is 2.61 bits per heavy atom. The van der Waals surface area contributed by atoms with Crippen molar-refractivity contribution in [2.45, 2.75) is 18.3 Å². The Kier molecular flexibility index (Phi) is 5.65. The van der Waals surface area contributed by atoms with Gasteiger partial charge in [0.25, 0.3) is 0 Å². The molecule has 1 saturated carbocycles. The number of aliphatic imine (C=N–C) groups is 1. The maximum Gasteiger partial charge on any atom is 0.188 e. The second kappa shape index (κ2) is 6.78. The van der Waals surface area contributed by atoms with Crippen LogP contribution in [0.15, 0.2) is 48.0 Å². The standard InChI is InChI=1S/C14H19N3.HI/c1-2-10-16-13(15)17-11-14(8-9-14)12-6-4-3-5-7-12;/h2-7H,1,8-11H2,(H3,15,16,17);1H. The summed E-state index contributed by atoms with van der Waals surface area (Å²) in [4.78, 5) is 4.41. The molecule has 3 nitrogen and oxygen atoms in total. The lowest BCUT2D eigenvalue weighted by atomic mass is 9.96. The molecule has 1 aliphatic rings. The lowest BCUT2D eigenvalue weighted by molar-refractivity contribution is 0.702. The van der Waals surface area contributed by atoms with Gasteiger partial charge in [-0.25, -0.2) is 0 Å². The molecule has 0 atom stereocenters. The van der Waals surface area contributed by atoms with Crippen LogP contribution in [0.1, 0.15) is 18.4 Å². The second-order valence-electron chi connectivity index (χ2n) is 4.52. The van der Waals surface area contributed by atoms with E-state index in [1.165, 1.54) is 18.4 Å². The number of nitrogens with zero attached hydrogens (tertiary/aromatic N) is 1. The predicted molar refractivity (Wildman–Crippen MR) is 87.5 cm³/mol. The Balaban J connectivity index is 0.00000162. The monoisotopic (exact) mass is 357 g/mol. The first kappa shape index (κ1) is 15.0. The van der Waals surface area contributed by atoms with Gasteiger partial charge >= 0.3 is 0 Å². The molecule has 4 heteroatoms. The summed E-state index contributed by atoms with van der Waals surface area (Å²) in [6.45, 7) is 5.06. The van der Waals surface area contributed by atoms with Crippen molar-refractivity contribution in [1.82, 2.24) is 5.32 Å². The number of hydrogen-bond donors (Lipinski definition) is 2. The molecule has 1 aromatic rings. The van der Waals surface area contributed by atoms with Crippen molar-refractivity contribution < 1.29 is 0 Å². The maximum atomic E-state index is 5.76. The van der Waals surface area contributed by atoms with Gasteiger partial charge in [-0.05, 0) is 18.4 Å². The van der Waals surface area contributed by atoms with E-state index in [0.29, 0.717) is 12.5 Å². The van der Waals surface area contributed by atoms with E-state index in [1.54, 1.807) is 6.08 Å². The molecule has 0 radical (unpaired) electrons. The van der Waals surface area contributed by atoms with E-state index in [2.05, 4.69) is 41.2 Å². The Morgan fingerprint density at radius 2 is 2.06 bits per heavy atom. The fraction of sp³-hybridized carbons (Fsp3) is 0.357. The number of halogens is 1. The third-order valence-corrected chi connectivity index (χ3v) is 3.22. The van der Waals surface area contributed by atoms with E-state index in [1.807, 2.05) is 6.07 Å². The SMILES string of the molecule is C=CCNC(N)=NCC1(c2ccccc2)CC1.I. The maximum absolute atomic E-state index is 5.76. The topological polar surface area (TPSA) is 50.4 Å². The number of benzene rings is 1. The highest BCUT2D eigenvalue weighted by atomic mass is 127. The third kappa shape index (κ3) is 3.73. The van der Waals surface area contributed by atoms with Gasteiger partial charge in [-0.15, -0.1) is 30.6 Å². The van der Waals surface area contributed by atoms with E-state index >= 15 is 0 Å². The molecule has 0 saturated heterocycles. The second-order valence-corrected chi connectivity index (χ2v) is 4.52. The van der Waals surface area contributed by atoms with E-state index in [4.69, 9.17) is 5.73 Å². The smallest absolute Gasteiger partial charge is 0.188 e. The molecule has 0 amide bonds. The molecule has 1 fully saturated rings. The minimum Gasteiger partial charge on any atom is -0.370 e. The quantitative estimate of drug-likeness (QED) is 0.368. The zero-order valence-corrected chi connectivity index (χ0v) is 12.8. The van der Waals surface area contributed by atoms with Crippen LogP contribution >= 0.6 is 24.0 Å². The molecule has 0 unspecified atom stereocenters. The highest BCUT2D eigenvalue weighted by molar-refractivity contribution is 14.0. The first-order chi connectivity index (χ1) is 8.27. The molecular weight excluding hydrogens is 337 g/mol. The molecule has 1 aromatic carbocycles. The summed E-state index contributed by atoms with van der Waals surface area (Å²) in [5.41, 5.74) is 7.38. The van der Waals surface area contributed by atoms with Crippen molar-refractivity contribution >= 4 is 29.9 Å². The largest absolute Gasteiger partial charge is 0.370 e. The first-order valence-electron chi connectivity index (χ1n) is 5.97. The Morgan fingerprint density at radius 1 is 1.39 bits per heavy atom. The van der Waals surface area contributed by atoms with Gasteiger partial charge in [0, 0.05) is 12.0 Å². The minimum atomic E-state index is 0. The fourth-order valence-corrected chi connectivity index (χ4v) is 1.95. The van der Waals surface area contributed by atoms with Crippen LogP contribution in [-0.2, 0) is 5.41 Å². The van der Waals surface area contributed by atoms with Crippen LogP contribution in [0.3, 0.4) is 0 Å². The van der Waals surface area contributed by atoms with E-state index < -0.39 is 0 Å². The van der Waals surface area contributed by atoms with Gasteiger partial charge in [0.1, 0.15) is 0 Å². The van der Waals surface area contributed by atoms with Crippen LogP contribution in [0.4, 0.5) is 0 Å². The van der Waals surface area contributed by atoms with Crippen LogP contribution in [-0.4, -0.2) is 19.0 Å². The molecule has 0 spiro atoms. The minimum absolute atomic E-state index is 0. The van der Waals surface area contributed by atoms with Crippen molar-refractivity contribution in [2.75, 3.05) is 13.1 Å². The van der Waals surface area contributed by atoms with Gasteiger partial charge in [0.2, 0.25) is 0 Å². The van der Waals surface area contributed by atoms with Crippen molar-refractivity contribution in [3.63, 3.8) is 0 Å². The molecule has 0 aromatic heterocycles. The van der Waals surface area contributed by atoms with Crippen LogP contribution in [0.25, 0.3) is 0 Å².